The summed E-state index contributed by atoms with van der Waals surface area (Å²) < 4.78 is 22.3. The first kappa shape index (κ1) is 23.4. The van der Waals surface area contributed by atoms with E-state index in [1.165, 1.54) is 0 Å². The molecule has 3 heterocycles. The Kier molecular flexibility index (Phi) is 6.57. The average molecular weight is 490 g/mol. The lowest BCUT2D eigenvalue weighted by Crippen LogP contribution is -2.42. The van der Waals surface area contributed by atoms with Gasteiger partial charge in [0.2, 0.25) is 11.6 Å². The van der Waals surface area contributed by atoms with E-state index in [9.17, 15) is 4.79 Å². The second kappa shape index (κ2) is 10.1. The van der Waals surface area contributed by atoms with Crippen LogP contribution < -0.4 is 18.9 Å². The van der Waals surface area contributed by atoms with Gasteiger partial charge in [-0.2, -0.15) is 5.10 Å². The van der Waals surface area contributed by atoms with Crippen molar-refractivity contribution in [3.63, 3.8) is 0 Å². The zero-order valence-electron chi connectivity index (χ0n) is 20.4. The molecule has 4 aromatic rings. The molecule has 1 aliphatic rings. The molecule has 0 aliphatic carbocycles. The summed E-state index contributed by atoms with van der Waals surface area (Å²) in [6.07, 6.45) is 3.03. The number of aromatic nitrogens is 4. The van der Waals surface area contributed by atoms with Crippen molar-refractivity contribution < 1.29 is 23.7 Å². The highest BCUT2D eigenvalue weighted by Crippen LogP contribution is 2.40. The molecule has 0 atom stereocenters. The van der Waals surface area contributed by atoms with Crippen LogP contribution >= 0.6 is 0 Å². The molecule has 2 aromatic heterocycles. The van der Waals surface area contributed by atoms with Crippen molar-refractivity contribution in [1.29, 1.82) is 0 Å². The van der Waals surface area contributed by atoms with Gasteiger partial charge in [0.25, 0.3) is 5.91 Å². The number of nitrogens with one attached hydrogen (secondary N) is 1. The van der Waals surface area contributed by atoms with E-state index in [1.54, 1.807) is 50.6 Å². The highest BCUT2D eigenvalue weighted by Gasteiger charge is 2.26. The van der Waals surface area contributed by atoms with Crippen molar-refractivity contribution in [2.24, 2.45) is 0 Å². The normalized spacial score (nSPS) is 14.0. The van der Waals surface area contributed by atoms with Gasteiger partial charge in [-0.1, -0.05) is 12.1 Å². The number of rotatable bonds is 7. The summed E-state index contributed by atoms with van der Waals surface area (Å²) in [4.78, 5) is 23.9. The zero-order chi connectivity index (χ0) is 25.1. The molecule has 36 heavy (non-hydrogen) atoms. The van der Waals surface area contributed by atoms with E-state index in [2.05, 4.69) is 20.2 Å². The second-order valence-electron chi connectivity index (χ2n) is 8.39. The molecule has 10 heteroatoms. The lowest BCUT2D eigenvalue weighted by Gasteiger charge is -2.31. The lowest BCUT2D eigenvalue weighted by molar-refractivity contribution is 0.0582. The van der Waals surface area contributed by atoms with Crippen LogP contribution in [-0.2, 0) is 0 Å². The van der Waals surface area contributed by atoms with Crippen LogP contribution in [0, 0.1) is 0 Å². The number of ether oxygens (including phenoxy) is 4. The van der Waals surface area contributed by atoms with Gasteiger partial charge in [0.05, 0.1) is 44.3 Å². The number of benzene rings is 2. The van der Waals surface area contributed by atoms with Crippen LogP contribution in [0.1, 0.15) is 23.3 Å². The third kappa shape index (κ3) is 4.61. The Morgan fingerprint density at radius 3 is 2.33 bits per heavy atom. The quantitative estimate of drug-likeness (QED) is 0.418. The second-order valence-corrected chi connectivity index (χ2v) is 8.39. The molecule has 10 nitrogen and oxygen atoms in total. The number of aromatic amines is 1. The van der Waals surface area contributed by atoms with Gasteiger partial charge >= 0.3 is 0 Å². The Balaban J connectivity index is 1.23. The fourth-order valence-electron chi connectivity index (χ4n) is 4.32. The van der Waals surface area contributed by atoms with Crippen molar-refractivity contribution in [3.8, 4) is 34.4 Å². The third-order valence-corrected chi connectivity index (χ3v) is 6.21. The van der Waals surface area contributed by atoms with Crippen LogP contribution in [-0.4, -0.2) is 71.5 Å². The predicted octanol–water partition coefficient (Wildman–Crippen LogP) is 3.73. The van der Waals surface area contributed by atoms with Gasteiger partial charge in [-0.15, -0.1) is 0 Å². The van der Waals surface area contributed by atoms with Gasteiger partial charge in [-0.05, 0) is 30.3 Å². The largest absolute Gasteiger partial charge is 0.493 e. The molecule has 0 spiro atoms. The molecule has 5 rings (SSSR count). The summed E-state index contributed by atoms with van der Waals surface area (Å²) >= 11 is 0. The summed E-state index contributed by atoms with van der Waals surface area (Å²) in [6, 6.07) is 13.0. The van der Waals surface area contributed by atoms with Crippen LogP contribution in [0.3, 0.4) is 0 Å². The monoisotopic (exact) mass is 489 g/mol. The van der Waals surface area contributed by atoms with Crippen molar-refractivity contribution in [2.75, 3.05) is 34.4 Å². The molecule has 1 fully saturated rings. The van der Waals surface area contributed by atoms with E-state index in [4.69, 9.17) is 18.9 Å². The van der Waals surface area contributed by atoms with Crippen LogP contribution in [0.2, 0.25) is 0 Å². The molecule has 186 valence electrons. The Morgan fingerprint density at radius 2 is 1.67 bits per heavy atom. The molecule has 0 bridgehead atoms. The SMILES string of the molecule is COc1cc(-c2cc(C(=O)N3CCC(Oc4cnc5ccccc5n4)CC3)[nH]n2)cc(OC)c1OC. The van der Waals surface area contributed by atoms with Crippen molar-refractivity contribution in [3.05, 3.63) is 54.4 Å². The van der Waals surface area contributed by atoms with Crippen molar-refractivity contribution >= 4 is 16.9 Å². The van der Waals surface area contributed by atoms with E-state index < -0.39 is 0 Å². The first-order valence-electron chi connectivity index (χ1n) is 11.6. The minimum atomic E-state index is -0.106. The number of H-pyrrole nitrogens is 1. The van der Waals surface area contributed by atoms with Gasteiger partial charge in [0, 0.05) is 31.5 Å². The number of hydrogen-bond donors (Lipinski definition) is 1. The van der Waals surface area contributed by atoms with Crippen molar-refractivity contribution in [2.45, 2.75) is 18.9 Å². The first-order valence-corrected chi connectivity index (χ1v) is 11.6. The molecule has 2 aromatic carbocycles. The van der Waals surface area contributed by atoms with Crippen LogP contribution in [0.15, 0.2) is 48.7 Å². The summed E-state index contributed by atoms with van der Waals surface area (Å²) in [7, 11) is 4.66. The first-order chi connectivity index (χ1) is 17.6. The number of amides is 1. The number of methoxy groups -OCH3 is 3. The van der Waals surface area contributed by atoms with Gasteiger partial charge < -0.3 is 23.8 Å². The summed E-state index contributed by atoms with van der Waals surface area (Å²) in [5.74, 6) is 1.92. The Morgan fingerprint density at radius 1 is 0.972 bits per heavy atom. The molecule has 0 saturated carbocycles. The number of carbonyl (C=O) groups excluding carboxylic acids is 1. The Labute approximate surface area is 208 Å². The van der Waals surface area contributed by atoms with Crippen LogP contribution in [0.5, 0.6) is 23.1 Å². The maximum Gasteiger partial charge on any atom is 0.271 e. The lowest BCUT2D eigenvalue weighted by atomic mass is 10.1. The number of carbonyl (C=O) groups is 1. The van der Waals surface area contributed by atoms with Gasteiger partial charge in [0.1, 0.15) is 11.8 Å². The summed E-state index contributed by atoms with van der Waals surface area (Å²) in [5.41, 5.74) is 3.38. The summed E-state index contributed by atoms with van der Waals surface area (Å²) in [6.45, 7) is 1.14. The molecular weight excluding hydrogens is 462 g/mol. The standard InChI is InChI=1S/C26H27N5O5/c1-33-22-12-16(13-23(34-2)25(22)35-3)20-14-21(30-29-20)26(32)31-10-8-17(9-11-31)36-24-15-27-18-6-4-5-7-19(18)28-24/h4-7,12-15,17H,8-11H2,1-3H3,(H,29,30). The maximum atomic E-state index is 13.1. The minimum Gasteiger partial charge on any atom is -0.493 e. The predicted molar refractivity (Wildman–Crippen MR) is 133 cm³/mol. The van der Waals surface area contributed by atoms with Crippen LogP contribution in [0.4, 0.5) is 0 Å². The molecule has 1 aliphatic heterocycles. The van der Waals surface area contributed by atoms with Crippen LogP contribution in [0.25, 0.3) is 22.3 Å². The van der Waals surface area contributed by atoms with Gasteiger partial charge in [-0.25, -0.2) is 9.97 Å². The van der Waals surface area contributed by atoms with Gasteiger partial charge in [-0.3, -0.25) is 9.89 Å². The highest BCUT2D eigenvalue weighted by atomic mass is 16.5. The van der Waals surface area contributed by atoms with E-state index >= 15 is 0 Å². The molecule has 0 radical (unpaired) electrons. The maximum absolute atomic E-state index is 13.1. The topological polar surface area (TPSA) is 112 Å². The number of likely N-dealkylation sites (tertiary alicyclic amines) is 1. The molecule has 1 amide bonds. The van der Waals surface area contributed by atoms with Gasteiger partial charge in [0.15, 0.2) is 11.5 Å². The number of nitrogens with zero attached hydrogens (tertiary/aromatic N) is 4. The zero-order valence-corrected chi connectivity index (χ0v) is 20.4. The van der Waals surface area contributed by atoms with E-state index in [1.807, 2.05) is 24.3 Å². The summed E-state index contributed by atoms with van der Waals surface area (Å²) in [5, 5.41) is 7.21. The molecule has 0 unspecified atom stereocenters. The highest BCUT2D eigenvalue weighted by molar-refractivity contribution is 5.93. The number of fused-ring (bicyclic) bond motifs is 1. The molecule has 1 saturated heterocycles. The molecule has 1 N–H and O–H groups in total. The number of para-hydroxylation sites is 2. The van der Waals surface area contributed by atoms with Crippen molar-refractivity contribution in [1.82, 2.24) is 25.1 Å². The third-order valence-electron chi connectivity index (χ3n) is 6.21. The Bertz CT molecular complexity index is 1360. The molecular formula is C26H27N5O5. The van der Waals surface area contributed by atoms with E-state index in [0.717, 1.165) is 16.6 Å². The number of piperidine rings is 1. The van der Waals surface area contributed by atoms with E-state index in [-0.39, 0.29) is 12.0 Å². The Hall–Kier alpha value is -4.34. The number of hydrogen-bond acceptors (Lipinski definition) is 8. The smallest absolute Gasteiger partial charge is 0.271 e. The minimum absolute atomic E-state index is 0.0268. The fourth-order valence-corrected chi connectivity index (χ4v) is 4.32. The fraction of sp³-hybridized carbons (Fsp3) is 0.308. The average Bonchev–Trinajstić information content (AvgIpc) is 3.42. The van der Waals surface area contributed by atoms with E-state index in [0.29, 0.717) is 60.4 Å².